The molecule has 0 saturated heterocycles. The van der Waals surface area contributed by atoms with E-state index in [-0.39, 0.29) is 42.2 Å². The number of nitrogens with zero attached hydrogens (tertiary/aromatic N) is 3. The average molecular weight is 394 g/mol. The first-order chi connectivity index (χ1) is 13.1. The Morgan fingerprint density at radius 1 is 1.22 bits per heavy atom. The van der Waals surface area contributed by atoms with E-state index in [9.17, 15) is 9.59 Å². The van der Waals surface area contributed by atoms with Crippen LogP contribution in [0.2, 0.25) is 0 Å². The number of hydrogen-bond donors (Lipinski definition) is 0. The number of hydrogen-bond acceptors (Lipinski definition) is 9. The standard InChI is InChI=1S/C17H16ClN3O6/c1-24-16(22)11-8-26-9-21(14(11)17(23)25-2)12-6-4-3-5-10(12)15-19-13(7-18)27-20-15/h3-6H,7-9H2,1-2H3. The smallest absolute Gasteiger partial charge is 0.355 e. The third-order valence-corrected chi connectivity index (χ3v) is 4.08. The number of carbonyl (C=O) groups excluding carboxylic acids is 2. The van der Waals surface area contributed by atoms with Gasteiger partial charge in [0.05, 0.1) is 32.1 Å². The molecule has 0 N–H and O–H groups in total. The molecule has 1 aliphatic rings. The average Bonchev–Trinajstić information content (AvgIpc) is 3.21. The van der Waals surface area contributed by atoms with Gasteiger partial charge >= 0.3 is 11.9 Å². The highest BCUT2D eigenvalue weighted by molar-refractivity contribution is 6.16. The first kappa shape index (κ1) is 18.9. The SMILES string of the molecule is COC(=O)C1=C(C(=O)OC)N(c2ccccc2-c2noc(CCl)n2)COC1. The molecule has 9 nitrogen and oxygen atoms in total. The highest BCUT2D eigenvalue weighted by Gasteiger charge is 2.33. The van der Waals surface area contributed by atoms with Gasteiger partial charge in [-0.15, -0.1) is 11.6 Å². The number of ether oxygens (including phenoxy) is 3. The maximum Gasteiger partial charge on any atom is 0.355 e. The number of rotatable bonds is 5. The van der Waals surface area contributed by atoms with Crippen LogP contribution in [-0.4, -0.2) is 49.6 Å². The molecule has 0 spiro atoms. The second-order valence-corrected chi connectivity index (χ2v) is 5.65. The summed E-state index contributed by atoms with van der Waals surface area (Å²) >= 11 is 5.72. The second kappa shape index (κ2) is 8.19. The van der Waals surface area contributed by atoms with Gasteiger partial charge in [0.2, 0.25) is 11.7 Å². The van der Waals surface area contributed by atoms with E-state index in [2.05, 4.69) is 10.1 Å². The van der Waals surface area contributed by atoms with Crippen LogP contribution in [0.25, 0.3) is 11.4 Å². The molecule has 0 radical (unpaired) electrons. The zero-order valence-corrected chi connectivity index (χ0v) is 15.4. The summed E-state index contributed by atoms with van der Waals surface area (Å²) in [5, 5.41) is 3.91. The minimum absolute atomic E-state index is 0.0160. The van der Waals surface area contributed by atoms with Crippen LogP contribution in [0.15, 0.2) is 40.1 Å². The largest absolute Gasteiger partial charge is 0.466 e. The number of para-hydroxylation sites is 1. The summed E-state index contributed by atoms with van der Waals surface area (Å²) in [4.78, 5) is 30.3. The molecule has 0 amide bonds. The molecular formula is C17H16ClN3O6. The van der Waals surface area contributed by atoms with Crippen LogP contribution in [0.1, 0.15) is 5.89 Å². The van der Waals surface area contributed by atoms with Gasteiger partial charge in [-0.1, -0.05) is 17.3 Å². The molecule has 0 aliphatic carbocycles. The van der Waals surface area contributed by atoms with E-state index < -0.39 is 11.9 Å². The van der Waals surface area contributed by atoms with Crippen molar-refractivity contribution in [2.45, 2.75) is 5.88 Å². The molecule has 1 aromatic heterocycles. The lowest BCUT2D eigenvalue weighted by molar-refractivity contribution is -0.140. The number of aromatic nitrogens is 2. The lowest BCUT2D eigenvalue weighted by Gasteiger charge is -2.32. The topological polar surface area (TPSA) is 104 Å². The Morgan fingerprint density at radius 3 is 2.63 bits per heavy atom. The summed E-state index contributed by atoms with van der Waals surface area (Å²) in [5.41, 5.74) is 1.18. The molecule has 0 atom stereocenters. The molecule has 142 valence electrons. The predicted octanol–water partition coefficient (Wildman–Crippen LogP) is 1.87. The second-order valence-electron chi connectivity index (χ2n) is 5.38. The summed E-state index contributed by atoms with van der Waals surface area (Å²) in [6.07, 6.45) is 0. The zero-order chi connectivity index (χ0) is 19.4. The van der Waals surface area contributed by atoms with Gasteiger partial charge in [-0.25, -0.2) is 9.59 Å². The number of methoxy groups -OCH3 is 2. The van der Waals surface area contributed by atoms with E-state index in [1.54, 1.807) is 24.3 Å². The Labute approximate surface area is 159 Å². The minimum Gasteiger partial charge on any atom is -0.466 e. The van der Waals surface area contributed by atoms with E-state index in [1.807, 2.05) is 0 Å². The number of halogens is 1. The normalized spacial score (nSPS) is 14.3. The quantitative estimate of drug-likeness (QED) is 0.556. The molecule has 0 unspecified atom stereocenters. The van der Waals surface area contributed by atoms with Crippen molar-refractivity contribution >= 4 is 29.2 Å². The van der Waals surface area contributed by atoms with Crippen molar-refractivity contribution < 1.29 is 28.3 Å². The van der Waals surface area contributed by atoms with Crippen molar-refractivity contribution in [3.63, 3.8) is 0 Å². The molecule has 2 heterocycles. The number of esters is 2. The van der Waals surface area contributed by atoms with Crippen LogP contribution in [0.5, 0.6) is 0 Å². The number of anilines is 1. The van der Waals surface area contributed by atoms with Crippen LogP contribution in [-0.2, 0) is 29.7 Å². The van der Waals surface area contributed by atoms with Crippen LogP contribution in [0.3, 0.4) is 0 Å². The maximum absolute atomic E-state index is 12.4. The zero-order valence-electron chi connectivity index (χ0n) is 14.6. The van der Waals surface area contributed by atoms with Gasteiger partial charge in [0.25, 0.3) is 0 Å². The predicted molar refractivity (Wildman–Crippen MR) is 93.6 cm³/mol. The van der Waals surface area contributed by atoms with Crippen molar-refractivity contribution in [1.82, 2.24) is 10.1 Å². The summed E-state index contributed by atoms with van der Waals surface area (Å²) in [6.45, 7) is -0.0590. The lowest BCUT2D eigenvalue weighted by Crippen LogP contribution is -2.39. The van der Waals surface area contributed by atoms with E-state index >= 15 is 0 Å². The monoisotopic (exact) mass is 393 g/mol. The van der Waals surface area contributed by atoms with E-state index in [0.29, 0.717) is 11.3 Å². The highest BCUT2D eigenvalue weighted by atomic mass is 35.5. The van der Waals surface area contributed by atoms with Crippen molar-refractivity contribution in [3.8, 4) is 11.4 Å². The van der Waals surface area contributed by atoms with Gasteiger partial charge in [-0.3, -0.25) is 0 Å². The fourth-order valence-electron chi connectivity index (χ4n) is 2.65. The first-order valence-corrected chi connectivity index (χ1v) is 8.37. The van der Waals surface area contributed by atoms with Crippen molar-refractivity contribution in [1.29, 1.82) is 0 Å². The Kier molecular flexibility index (Phi) is 5.72. The van der Waals surface area contributed by atoms with Crippen molar-refractivity contribution in [3.05, 3.63) is 41.4 Å². The molecule has 1 aliphatic heterocycles. The molecule has 1 aromatic carbocycles. The van der Waals surface area contributed by atoms with Gasteiger partial charge in [-0.2, -0.15) is 4.98 Å². The van der Waals surface area contributed by atoms with Crippen LogP contribution >= 0.6 is 11.6 Å². The Morgan fingerprint density at radius 2 is 1.96 bits per heavy atom. The van der Waals surface area contributed by atoms with Gasteiger partial charge in [-0.05, 0) is 12.1 Å². The third kappa shape index (κ3) is 3.64. The molecule has 0 bridgehead atoms. The summed E-state index contributed by atoms with van der Waals surface area (Å²) < 4.78 is 20.2. The van der Waals surface area contributed by atoms with E-state index in [4.69, 9.17) is 30.3 Å². The molecule has 10 heteroatoms. The van der Waals surface area contributed by atoms with Crippen LogP contribution in [0, 0.1) is 0 Å². The highest BCUT2D eigenvalue weighted by Crippen LogP contribution is 2.34. The Bertz CT molecular complexity index is 894. The first-order valence-electron chi connectivity index (χ1n) is 7.83. The minimum atomic E-state index is -0.692. The molecule has 3 rings (SSSR count). The molecule has 0 saturated carbocycles. The number of benzene rings is 1. The summed E-state index contributed by atoms with van der Waals surface area (Å²) in [5.74, 6) is -0.752. The molecule has 0 fully saturated rings. The van der Waals surface area contributed by atoms with Crippen molar-refractivity contribution in [2.24, 2.45) is 0 Å². The number of alkyl halides is 1. The van der Waals surface area contributed by atoms with Gasteiger partial charge < -0.3 is 23.6 Å². The molecular weight excluding hydrogens is 378 g/mol. The van der Waals surface area contributed by atoms with Gasteiger partial charge in [0, 0.05) is 5.56 Å². The van der Waals surface area contributed by atoms with Gasteiger partial charge in [0.1, 0.15) is 18.3 Å². The Balaban J connectivity index is 2.14. The van der Waals surface area contributed by atoms with E-state index in [1.165, 1.54) is 19.1 Å². The summed E-state index contributed by atoms with van der Waals surface area (Å²) in [6, 6.07) is 7.03. The molecule has 2 aromatic rings. The fourth-order valence-corrected chi connectivity index (χ4v) is 2.76. The number of carbonyl (C=O) groups is 2. The summed E-state index contributed by atoms with van der Waals surface area (Å²) in [7, 11) is 2.46. The lowest BCUT2D eigenvalue weighted by atomic mass is 10.1. The van der Waals surface area contributed by atoms with E-state index in [0.717, 1.165) is 0 Å². The molecule has 27 heavy (non-hydrogen) atoms. The fraction of sp³-hybridized carbons (Fsp3) is 0.294. The van der Waals surface area contributed by atoms with Crippen molar-refractivity contribution in [2.75, 3.05) is 32.5 Å². The maximum atomic E-state index is 12.4. The Hall–Kier alpha value is -2.91. The van der Waals surface area contributed by atoms with Crippen LogP contribution < -0.4 is 4.90 Å². The van der Waals surface area contributed by atoms with Crippen LogP contribution in [0.4, 0.5) is 5.69 Å². The third-order valence-electron chi connectivity index (χ3n) is 3.85. The van der Waals surface area contributed by atoms with Gasteiger partial charge in [0.15, 0.2) is 0 Å².